The van der Waals surface area contributed by atoms with Gasteiger partial charge in [-0.15, -0.1) is 0 Å². The van der Waals surface area contributed by atoms with Crippen LogP contribution in [0.4, 0.5) is 0 Å². The molecule has 0 unspecified atom stereocenters. The summed E-state index contributed by atoms with van der Waals surface area (Å²) in [7, 11) is 0. The minimum atomic E-state index is -0.398. The molecule has 0 saturated heterocycles. The standard InChI is InChI=1S/C30H34N2O4/c1-5-9-11-13-15-31-27(33)21-17-20(8-4)24-26-22(18-19(7-3)23(25(21)26)29(31)35)28(34)32(30(24)36)16-14-12-10-6-2/h7-8,17-18H,3-6,9-16H2,1-2H3. The Morgan fingerprint density at radius 2 is 1.00 bits per heavy atom. The molecule has 4 rings (SSSR count). The lowest BCUT2D eigenvalue weighted by atomic mass is 9.81. The van der Waals surface area contributed by atoms with Gasteiger partial charge < -0.3 is 0 Å². The van der Waals surface area contributed by atoms with E-state index < -0.39 is 23.6 Å². The Labute approximate surface area is 212 Å². The topological polar surface area (TPSA) is 74.8 Å². The molecule has 4 amide bonds. The molecule has 0 atom stereocenters. The van der Waals surface area contributed by atoms with Crippen molar-refractivity contribution >= 4 is 46.6 Å². The van der Waals surface area contributed by atoms with Gasteiger partial charge in [-0.25, -0.2) is 0 Å². The molecule has 0 spiro atoms. The third-order valence-electron chi connectivity index (χ3n) is 7.25. The Kier molecular flexibility index (Phi) is 7.53. The highest BCUT2D eigenvalue weighted by Crippen LogP contribution is 2.42. The van der Waals surface area contributed by atoms with Gasteiger partial charge in [-0.1, -0.05) is 77.7 Å². The fourth-order valence-electron chi connectivity index (χ4n) is 5.34. The average molecular weight is 487 g/mol. The normalized spacial score (nSPS) is 14.7. The van der Waals surface area contributed by atoms with Crippen LogP contribution in [0, 0.1) is 0 Å². The third kappa shape index (κ3) is 4.08. The first-order chi connectivity index (χ1) is 17.4. The lowest BCUT2D eigenvalue weighted by molar-refractivity contribution is 0.0586. The van der Waals surface area contributed by atoms with Crippen molar-refractivity contribution in [3.05, 3.63) is 58.7 Å². The van der Waals surface area contributed by atoms with Crippen LogP contribution in [0.3, 0.4) is 0 Å². The first-order valence-corrected chi connectivity index (χ1v) is 13.1. The number of imide groups is 2. The van der Waals surface area contributed by atoms with Crippen LogP contribution < -0.4 is 0 Å². The fraction of sp³-hybridized carbons (Fsp3) is 0.400. The van der Waals surface area contributed by atoms with Gasteiger partial charge in [0.25, 0.3) is 23.6 Å². The molecule has 2 aromatic rings. The van der Waals surface area contributed by atoms with Crippen LogP contribution >= 0.6 is 0 Å². The highest BCUT2D eigenvalue weighted by Gasteiger charge is 2.41. The molecule has 188 valence electrons. The van der Waals surface area contributed by atoms with Gasteiger partial charge >= 0.3 is 0 Å². The minimum Gasteiger partial charge on any atom is -0.274 e. The first kappa shape index (κ1) is 25.5. The van der Waals surface area contributed by atoms with Gasteiger partial charge in [0.15, 0.2) is 0 Å². The molecule has 2 aliphatic rings. The van der Waals surface area contributed by atoms with Crippen LogP contribution in [0.1, 0.15) is 118 Å². The lowest BCUT2D eigenvalue weighted by Crippen LogP contribution is -2.44. The van der Waals surface area contributed by atoms with Crippen molar-refractivity contribution in [1.82, 2.24) is 9.80 Å². The molecule has 2 heterocycles. The summed E-state index contributed by atoms with van der Waals surface area (Å²) in [6.45, 7) is 12.6. The lowest BCUT2D eigenvalue weighted by Gasteiger charge is -2.34. The zero-order chi connectivity index (χ0) is 26.0. The highest BCUT2D eigenvalue weighted by molar-refractivity contribution is 6.35. The summed E-state index contributed by atoms with van der Waals surface area (Å²) in [5.74, 6) is -1.59. The van der Waals surface area contributed by atoms with Crippen LogP contribution in [0.15, 0.2) is 25.3 Å². The molecule has 2 aromatic carbocycles. The SMILES string of the molecule is C=Cc1cc2c3c(c(C=C)cc4c3c1C(=O)N(CCCCCC)C4=O)C(=O)N(CCCCCC)C2=O. The zero-order valence-corrected chi connectivity index (χ0v) is 21.3. The van der Waals surface area contributed by atoms with E-state index in [1.807, 2.05) is 0 Å². The highest BCUT2D eigenvalue weighted by atomic mass is 16.2. The number of carbonyl (C=O) groups excluding carboxylic acids is 4. The van der Waals surface area contributed by atoms with Gasteiger partial charge in [0, 0.05) is 35.0 Å². The van der Waals surface area contributed by atoms with E-state index in [1.165, 1.54) is 9.80 Å². The second-order valence-corrected chi connectivity index (χ2v) is 9.58. The Morgan fingerprint density at radius 1 is 0.611 bits per heavy atom. The van der Waals surface area contributed by atoms with Crippen molar-refractivity contribution < 1.29 is 19.2 Å². The second-order valence-electron chi connectivity index (χ2n) is 9.58. The van der Waals surface area contributed by atoms with E-state index in [2.05, 4.69) is 27.0 Å². The van der Waals surface area contributed by atoms with Crippen LogP contribution in [-0.2, 0) is 0 Å². The Hall–Kier alpha value is -3.54. The Bertz CT molecular complexity index is 1190. The number of hydrogen-bond donors (Lipinski definition) is 0. The molecule has 0 bridgehead atoms. The fourth-order valence-corrected chi connectivity index (χ4v) is 5.34. The van der Waals surface area contributed by atoms with Crippen LogP contribution in [0.5, 0.6) is 0 Å². The summed E-state index contributed by atoms with van der Waals surface area (Å²) >= 11 is 0. The smallest absolute Gasteiger partial charge is 0.261 e. The largest absolute Gasteiger partial charge is 0.274 e. The molecular weight excluding hydrogens is 452 g/mol. The maximum absolute atomic E-state index is 13.6. The molecule has 6 nitrogen and oxygen atoms in total. The second kappa shape index (κ2) is 10.6. The number of rotatable bonds is 12. The molecule has 2 aliphatic heterocycles. The number of carbonyl (C=O) groups is 4. The van der Waals surface area contributed by atoms with E-state index in [0.29, 0.717) is 57.2 Å². The van der Waals surface area contributed by atoms with Crippen LogP contribution in [0.2, 0.25) is 0 Å². The van der Waals surface area contributed by atoms with Gasteiger partial charge in [0.2, 0.25) is 0 Å². The van der Waals surface area contributed by atoms with Gasteiger partial charge in [-0.2, -0.15) is 0 Å². The van der Waals surface area contributed by atoms with Crippen molar-refractivity contribution in [3.8, 4) is 0 Å². The molecule has 0 fully saturated rings. The number of benzene rings is 2. The molecule has 0 radical (unpaired) electrons. The monoisotopic (exact) mass is 486 g/mol. The molecule has 0 N–H and O–H groups in total. The maximum atomic E-state index is 13.6. The van der Waals surface area contributed by atoms with Crippen LogP contribution in [-0.4, -0.2) is 46.5 Å². The van der Waals surface area contributed by atoms with Gasteiger partial charge in [0.05, 0.1) is 11.1 Å². The van der Waals surface area contributed by atoms with Crippen molar-refractivity contribution in [3.63, 3.8) is 0 Å². The number of unbranched alkanes of at least 4 members (excludes halogenated alkanes) is 6. The maximum Gasteiger partial charge on any atom is 0.261 e. The van der Waals surface area contributed by atoms with E-state index in [4.69, 9.17) is 0 Å². The van der Waals surface area contributed by atoms with E-state index in [-0.39, 0.29) is 0 Å². The summed E-state index contributed by atoms with van der Waals surface area (Å²) in [4.78, 5) is 57.0. The van der Waals surface area contributed by atoms with Gasteiger partial charge in [0.1, 0.15) is 0 Å². The Balaban J connectivity index is 1.90. The molecule has 6 heteroatoms. The molecule has 0 saturated carbocycles. The number of hydrogen-bond acceptors (Lipinski definition) is 4. The predicted molar refractivity (Wildman–Crippen MR) is 143 cm³/mol. The van der Waals surface area contributed by atoms with Crippen molar-refractivity contribution in [2.24, 2.45) is 0 Å². The van der Waals surface area contributed by atoms with Crippen molar-refractivity contribution in [2.75, 3.05) is 13.1 Å². The van der Waals surface area contributed by atoms with E-state index in [9.17, 15) is 19.2 Å². The molecule has 0 aliphatic carbocycles. The van der Waals surface area contributed by atoms with Crippen LogP contribution in [0.25, 0.3) is 22.9 Å². The molecule has 0 aromatic heterocycles. The summed E-state index contributed by atoms with van der Waals surface area (Å²) in [5, 5.41) is 0.769. The molecule has 36 heavy (non-hydrogen) atoms. The number of amides is 4. The third-order valence-corrected chi connectivity index (χ3v) is 7.25. The van der Waals surface area contributed by atoms with Gasteiger partial charge in [-0.3, -0.25) is 29.0 Å². The summed E-state index contributed by atoms with van der Waals surface area (Å²) in [5.41, 5.74) is 2.33. The average Bonchev–Trinajstić information content (AvgIpc) is 2.88. The van der Waals surface area contributed by atoms with E-state index >= 15 is 0 Å². The van der Waals surface area contributed by atoms with Crippen molar-refractivity contribution in [1.29, 1.82) is 0 Å². The summed E-state index contributed by atoms with van der Waals surface area (Å²) < 4.78 is 0. The first-order valence-electron chi connectivity index (χ1n) is 13.1. The van der Waals surface area contributed by atoms with Gasteiger partial charge in [-0.05, 0) is 36.1 Å². The quantitative estimate of drug-likeness (QED) is 0.254. The predicted octanol–water partition coefficient (Wildman–Crippen LogP) is 6.48. The molecular formula is C30H34N2O4. The van der Waals surface area contributed by atoms with E-state index in [1.54, 1.807) is 24.3 Å². The zero-order valence-electron chi connectivity index (χ0n) is 21.3. The summed E-state index contributed by atoms with van der Waals surface area (Å²) in [6, 6.07) is 3.31. The summed E-state index contributed by atoms with van der Waals surface area (Å²) in [6.07, 6.45) is 10.6. The minimum absolute atomic E-state index is 0.325. The Morgan fingerprint density at radius 3 is 1.33 bits per heavy atom. The van der Waals surface area contributed by atoms with E-state index in [0.717, 1.165) is 51.4 Å². The van der Waals surface area contributed by atoms with Crippen molar-refractivity contribution in [2.45, 2.75) is 65.2 Å². The number of nitrogens with zero attached hydrogens (tertiary/aromatic N) is 2.